The monoisotopic (exact) mass is 141 g/mol. The summed E-state index contributed by atoms with van der Waals surface area (Å²) in [6.45, 7) is 3.18. The van der Waals surface area contributed by atoms with E-state index < -0.39 is 0 Å². The molecule has 0 bridgehead atoms. The molecule has 3 atom stereocenters. The highest BCUT2D eigenvalue weighted by molar-refractivity contribution is 4.88. The van der Waals surface area contributed by atoms with E-state index in [1.165, 1.54) is 19.3 Å². The second-order valence-electron chi connectivity index (χ2n) is 3.43. The second kappa shape index (κ2) is 2.51. The zero-order valence-electron chi connectivity index (χ0n) is 6.47. The molecule has 0 amide bonds. The van der Waals surface area contributed by atoms with E-state index in [9.17, 15) is 0 Å². The zero-order valence-corrected chi connectivity index (χ0v) is 6.47. The van der Waals surface area contributed by atoms with E-state index in [1.807, 2.05) is 0 Å². The highest BCUT2D eigenvalue weighted by atomic mass is 16.5. The highest BCUT2D eigenvalue weighted by Crippen LogP contribution is 2.25. The summed E-state index contributed by atoms with van der Waals surface area (Å²) in [4.78, 5) is 0. The van der Waals surface area contributed by atoms with E-state index >= 15 is 0 Å². The lowest BCUT2D eigenvalue weighted by molar-refractivity contribution is -0.0414. The van der Waals surface area contributed by atoms with Gasteiger partial charge in [0.2, 0.25) is 0 Å². The van der Waals surface area contributed by atoms with Crippen LogP contribution in [-0.2, 0) is 4.74 Å². The molecule has 0 aromatic rings. The van der Waals surface area contributed by atoms with E-state index in [2.05, 4.69) is 12.2 Å². The molecular weight excluding hydrogens is 126 g/mol. The Labute approximate surface area is 61.9 Å². The zero-order chi connectivity index (χ0) is 6.97. The fraction of sp³-hybridized carbons (Fsp3) is 1.00. The van der Waals surface area contributed by atoms with Crippen LogP contribution < -0.4 is 5.32 Å². The number of ether oxygens (including phenoxy) is 1. The first-order chi connectivity index (χ1) is 4.86. The molecule has 0 radical (unpaired) electrons. The minimum atomic E-state index is 0.430. The molecule has 2 aliphatic rings. The molecule has 2 heteroatoms. The molecule has 1 N–H and O–H groups in total. The van der Waals surface area contributed by atoms with E-state index in [0.29, 0.717) is 18.2 Å². The Morgan fingerprint density at radius 3 is 3.20 bits per heavy atom. The molecule has 0 spiro atoms. The van der Waals surface area contributed by atoms with Crippen molar-refractivity contribution in [2.75, 3.05) is 6.54 Å². The van der Waals surface area contributed by atoms with Gasteiger partial charge >= 0.3 is 0 Å². The van der Waals surface area contributed by atoms with Gasteiger partial charge in [-0.05, 0) is 26.2 Å². The SMILES string of the molecule is C[C@@H]1CN[C@H]2CCC[C@H]2O1. The Kier molecular flexibility index (Phi) is 1.66. The van der Waals surface area contributed by atoms with Gasteiger partial charge in [0.25, 0.3) is 0 Å². The van der Waals surface area contributed by atoms with Gasteiger partial charge in [-0.15, -0.1) is 0 Å². The van der Waals surface area contributed by atoms with Crippen LogP contribution in [0.3, 0.4) is 0 Å². The first-order valence-electron chi connectivity index (χ1n) is 4.25. The molecule has 0 aromatic heterocycles. The maximum absolute atomic E-state index is 5.75. The van der Waals surface area contributed by atoms with Crippen molar-refractivity contribution < 1.29 is 4.74 Å². The maximum atomic E-state index is 5.75. The molecule has 0 aromatic carbocycles. The molecule has 0 unspecified atom stereocenters. The average molecular weight is 141 g/mol. The van der Waals surface area contributed by atoms with Crippen molar-refractivity contribution >= 4 is 0 Å². The van der Waals surface area contributed by atoms with Crippen LogP contribution in [0.2, 0.25) is 0 Å². The summed E-state index contributed by atoms with van der Waals surface area (Å²) in [7, 11) is 0. The lowest BCUT2D eigenvalue weighted by Gasteiger charge is -2.31. The molecule has 10 heavy (non-hydrogen) atoms. The number of hydrogen-bond acceptors (Lipinski definition) is 2. The fourth-order valence-corrected chi connectivity index (χ4v) is 1.99. The van der Waals surface area contributed by atoms with Crippen LogP contribution in [0.1, 0.15) is 26.2 Å². The summed E-state index contributed by atoms with van der Waals surface area (Å²) in [6.07, 6.45) is 4.89. The number of hydrogen-bond donors (Lipinski definition) is 1. The fourth-order valence-electron chi connectivity index (χ4n) is 1.99. The van der Waals surface area contributed by atoms with Gasteiger partial charge in [-0.3, -0.25) is 0 Å². The van der Waals surface area contributed by atoms with Gasteiger partial charge in [-0.2, -0.15) is 0 Å². The van der Waals surface area contributed by atoms with Gasteiger partial charge in [0, 0.05) is 12.6 Å². The quantitative estimate of drug-likeness (QED) is 0.541. The molecule has 1 heterocycles. The van der Waals surface area contributed by atoms with Crippen LogP contribution in [-0.4, -0.2) is 24.8 Å². The summed E-state index contributed by atoms with van der Waals surface area (Å²) in [5.41, 5.74) is 0. The summed E-state index contributed by atoms with van der Waals surface area (Å²) in [5.74, 6) is 0. The van der Waals surface area contributed by atoms with Gasteiger partial charge in [0.15, 0.2) is 0 Å². The van der Waals surface area contributed by atoms with Gasteiger partial charge < -0.3 is 10.1 Å². The van der Waals surface area contributed by atoms with Crippen molar-refractivity contribution in [1.82, 2.24) is 5.32 Å². The van der Waals surface area contributed by atoms with Crippen LogP contribution in [0.25, 0.3) is 0 Å². The second-order valence-corrected chi connectivity index (χ2v) is 3.43. The summed E-state index contributed by atoms with van der Waals surface area (Å²) in [6, 6.07) is 0.677. The van der Waals surface area contributed by atoms with E-state index in [-0.39, 0.29) is 0 Å². The van der Waals surface area contributed by atoms with E-state index in [1.54, 1.807) is 0 Å². The van der Waals surface area contributed by atoms with Crippen molar-refractivity contribution in [1.29, 1.82) is 0 Å². The van der Waals surface area contributed by atoms with Gasteiger partial charge in [-0.25, -0.2) is 0 Å². The standard InChI is InChI=1S/C8H15NO/c1-6-5-9-7-3-2-4-8(7)10-6/h6-9H,2-5H2,1H3/t6-,7+,8-/m1/s1. The molecule has 1 aliphatic carbocycles. The molecule has 2 rings (SSSR count). The largest absolute Gasteiger partial charge is 0.372 e. The van der Waals surface area contributed by atoms with Gasteiger partial charge in [-0.1, -0.05) is 0 Å². The third kappa shape index (κ3) is 1.06. The number of nitrogens with one attached hydrogen (secondary N) is 1. The number of fused-ring (bicyclic) bond motifs is 1. The molecule has 1 saturated carbocycles. The molecule has 58 valence electrons. The van der Waals surface area contributed by atoms with Crippen molar-refractivity contribution in [3.63, 3.8) is 0 Å². The van der Waals surface area contributed by atoms with Gasteiger partial charge in [0.1, 0.15) is 0 Å². The number of morpholine rings is 1. The highest BCUT2D eigenvalue weighted by Gasteiger charge is 2.32. The number of rotatable bonds is 0. The Hall–Kier alpha value is -0.0800. The molecule has 2 fully saturated rings. The first-order valence-corrected chi connectivity index (χ1v) is 4.25. The minimum absolute atomic E-state index is 0.430. The third-order valence-corrected chi connectivity index (χ3v) is 2.53. The van der Waals surface area contributed by atoms with Crippen LogP contribution in [0, 0.1) is 0 Å². The summed E-state index contributed by atoms with van der Waals surface area (Å²) < 4.78 is 5.75. The molecule has 2 nitrogen and oxygen atoms in total. The summed E-state index contributed by atoms with van der Waals surface area (Å²) in [5, 5.41) is 3.51. The summed E-state index contributed by atoms with van der Waals surface area (Å²) >= 11 is 0. The van der Waals surface area contributed by atoms with Crippen LogP contribution in [0.5, 0.6) is 0 Å². The topological polar surface area (TPSA) is 21.3 Å². The van der Waals surface area contributed by atoms with Crippen LogP contribution in [0.4, 0.5) is 0 Å². The third-order valence-electron chi connectivity index (χ3n) is 2.53. The van der Waals surface area contributed by atoms with Crippen molar-refractivity contribution in [2.45, 2.75) is 44.4 Å². The molecule has 1 aliphatic heterocycles. The lowest BCUT2D eigenvalue weighted by atomic mass is 10.1. The minimum Gasteiger partial charge on any atom is -0.372 e. The Morgan fingerprint density at radius 2 is 2.30 bits per heavy atom. The van der Waals surface area contributed by atoms with Crippen LogP contribution >= 0.6 is 0 Å². The Morgan fingerprint density at radius 1 is 1.40 bits per heavy atom. The van der Waals surface area contributed by atoms with E-state index in [4.69, 9.17) is 4.74 Å². The predicted octanol–water partition coefficient (Wildman–Crippen LogP) is 0.916. The molecule has 1 saturated heterocycles. The predicted molar refractivity (Wildman–Crippen MR) is 40.0 cm³/mol. The van der Waals surface area contributed by atoms with E-state index in [0.717, 1.165) is 6.54 Å². The first kappa shape index (κ1) is 6.62. The van der Waals surface area contributed by atoms with Crippen molar-refractivity contribution in [3.8, 4) is 0 Å². The Balaban J connectivity index is 1.96. The smallest absolute Gasteiger partial charge is 0.0732 e. The average Bonchev–Trinajstić information content (AvgIpc) is 2.33. The normalized spacial score (nSPS) is 47.1. The van der Waals surface area contributed by atoms with Gasteiger partial charge in [0.05, 0.1) is 12.2 Å². The maximum Gasteiger partial charge on any atom is 0.0732 e. The van der Waals surface area contributed by atoms with Crippen molar-refractivity contribution in [2.24, 2.45) is 0 Å². The lowest BCUT2D eigenvalue weighted by Crippen LogP contribution is -2.48. The van der Waals surface area contributed by atoms with Crippen molar-refractivity contribution in [3.05, 3.63) is 0 Å². The van der Waals surface area contributed by atoms with Crippen LogP contribution in [0.15, 0.2) is 0 Å². The Bertz CT molecular complexity index is 126. The molecular formula is C8H15NO.